The van der Waals surface area contributed by atoms with E-state index in [1.165, 1.54) is 13.8 Å². The maximum Gasteiger partial charge on any atom is 0.303 e. The molecule has 0 aromatic heterocycles. The van der Waals surface area contributed by atoms with Crippen LogP contribution in [-0.2, 0) is 52.4 Å². The Bertz CT molecular complexity index is 718. The Morgan fingerprint density at radius 2 is 1.31 bits per heavy atom. The summed E-state index contributed by atoms with van der Waals surface area (Å²) in [7, 11) is 0. The van der Waals surface area contributed by atoms with Gasteiger partial charge in [-0.3, -0.25) is 19.2 Å². The molecule has 1 saturated heterocycles. The van der Waals surface area contributed by atoms with E-state index in [2.05, 4.69) is 10.6 Å². The average Bonchev–Trinajstić information content (AvgIpc) is 2.78. The van der Waals surface area contributed by atoms with Gasteiger partial charge in [0.15, 0.2) is 24.6 Å². The lowest BCUT2D eigenvalue weighted by atomic mass is 9.98. The van der Waals surface area contributed by atoms with Crippen LogP contribution in [0.1, 0.15) is 47.0 Å². The highest BCUT2D eigenvalue weighted by atomic mass is 16.7. The number of ether oxygens (including phenoxy) is 6. The quantitative estimate of drug-likeness (QED) is 0.111. The Morgan fingerprint density at radius 1 is 0.750 bits per heavy atom. The lowest BCUT2D eigenvalue weighted by Crippen LogP contribution is -2.63. The molecule has 0 aromatic rings. The van der Waals surface area contributed by atoms with Crippen molar-refractivity contribution in [2.45, 2.75) is 77.7 Å². The normalized spacial score (nSPS) is 23.4. The van der Waals surface area contributed by atoms with Gasteiger partial charge in [0.05, 0.1) is 6.61 Å². The molecule has 0 saturated carbocycles. The van der Waals surface area contributed by atoms with E-state index >= 15 is 0 Å². The molecule has 1 rings (SSSR count). The summed E-state index contributed by atoms with van der Waals surface area (Å²) in [6, 6.07) is 0. The van der Waals surface area contributed by atoms with Crippen LogP contribution >= 0.6 is 0 Å². The van der Waals surface area contributed by atoms with Gasteiger partial charge >= 0.3 is 23.9 Å². The monoisotopic (exact) mass is 518 g/mol. The van der Waals surface area contributed by atoms with Gasteiger partial charge in [-0.2, -0.15) is 0 Å². The van der Waals surface area contributed by atoms with Crippen molar-refractivity contribution in [3.8, 4) is 0 Å². The summed E-state index contributed by atoms with van der Waals surface area (Å²) in [6.45, 7) is 7.46. The Kier molecular flexibility index (Phi) is 15.5. The summed E-state index contributed by atoms with van der Waals surface area (Å²) in [5.74, 6) is -2.67. The van der Waals surface area contributed by atoms with Crippen molar-refractivity contribution in [1.82, 2.24) is 10.6 Å². The van der Waals surface area contributed by atoms with Gasteiger partial charge in [0, 0.05) is 40.7 Å². The first-order valence-electron chi connectivity index (χ1n) is 11.9. The van der Waals surface area contributed by atoms with Gasteiger partial charge in [0.2, 0.25) is 0 Å². The standard InChI is InChI=1S/C23H38N2O11/c1-15(27)32-14-19-20(33-16(2)28)21(34-17(3)29)22(35-18(4)30)23(36-19)31-13-7-11-25-9-5-8-24-10-6-12-26/h12,19-25H,5-11,13-14H2,1-4H3. The van der Waals surface area contributed by atoms with E-state index < -0.39 is 54.6 Å². The number of hydrogen-bond donors (Lipinski definition) is 2. The number of rotatable bonds is 17. The summed E-state index contributed by atoms with van der Waals surface area (Å²) in [5, 5.41) is 6.42. The van der Waals surface area contributed by atoms with Crippen molar-refractivity contribution in [2.75, 3.05) is 39.4 Å². The molecule has 206 valence electrons. The van der Waals surface area contributed by atoms with E-state index in [0.29, 0.717) is 25.9 Å². The Hall–Kier alpha value is -2.61. The SMILES string of the molecule is CC(=O)OCC1OC(OCCCNCCCNCCC=O)C(OC(C)=O)C(OC(C)=O)C1OC(C)=O. The topological polar surface area (TPSA) is 165 Å². The number of carbonyl (C=O) groups excluding carboxylic acids is 5. The molecular weight excluding hydrogens is 480 g/mol. The summed E-state index contributed by atoms with van der Waals surface area (Å²) >= 11 is 0. The number of hydrogen-bond acceptors (Lipinski definition) is 13. The third-order valence-electron chi connectivity index (χ3n) is 4.87. The predicted molar refractivity (Wildman–Crippen MR) is 124 cm³/mol. The molecule has 0 radical (unpaired) electrons. The smallest absolute Gasteiger partial charge is 0.303 e. The van der Waals surface area contributed by atoms with Crippen molar-refractivity contribution in [3.63, 3.8) is 0 Å². The minimum atomic E-state index is -1.25. The van der Waals surface area contributed by atoms with Gasteiger partial charge in [0.1, 0.15) is 19.0 Å². The molecule has 1 heterocycles. The molecule has 0 spiro atoms. The van der Waals surface area contributed by atoms with E-state index in [1.807, 2.05) is 0 Å². The second-order valence-electron chi connectivity index (χ2n) is 8.10. The zero-order valence-electron chi connectivity index (χ0n) is 21.3. The average molecular weight is 519 g/mol. The Morgan fingerprint density at radius 3 is 1.89 bits per heavy atom. The Balaban J connectivity index is 2.77. The van der Waals surface area contributed by atoms with Crippen LogP contribution in [0.15, 0.2) is 0 Å². The van der Waals surface area contributed by atoms with Crippen molar-refractivity contribution < 1.29 is 52.4 Å². The van der Waals surface area contributed by atoms with Crippen LogP contribution in [0, 0.1) is 0 Å². The largest absolute Gasteiger partial charge is 0.463 e. The van der Waals surface area contributed by atoms with Crippen molar-refractivity contribution in [3.05, 3.63) is 0 Å². The highest BCUT2D eigenvalue weighted by Gasteiger charge is 2.52. The molecular formula is C23H38N2O11. The van der Waals surface area contributed by atoms with Crippen LogP contribution in [-0.4, -0.2) is 100 Å². The molecule has 0 aromatic carbocycles. The molecule has 0 bridgehead atoms. The van der Waals surface area contributed by atoms with E-state index in [0.717, 1.165) is 39.6 Å². The first-order valence-corrected chi connectivity index (χ1v) is 11.9. The van der Waals surface area contributed by atoms with Crippen LogP contribution < -0.4 is 10.6 Å². The van der Waals surface area contributed by atoms with Crippen LogP contribution in [0.5, 0.6) is 0 Å². The van der Waals surface area contributed by atoms with Crippen molar-refractivity contribution >= 4 is 30.2 Å². The van der Waals surface area contributed by atoms with E-state index in [9.17, 15) is 24.0 Å². The van der Waals surface area contributed by atoms with Crippen molar-refractivity contribution in [2.24, 2.45) is 0 Å². The van der Waals surface area contributed by atoms with Crippen molar-refractivity contribution in [1.29, 1.82) is 0 Å². The van der Waals surface area contributed by atoms with Gasteiger partial charge in [-0.25, -0.2) is 0 Å². The van der Waals surface area contributed by atoms with Crippen LogP contribution in [0.25, 0.3) is 0 Å². The third-order valence-corrected chi connectivity index (χ3v) is 4.87. The van der Waals surface area contributed by atoms with Crippen LogP contribution in [0.2, 0.25) is 0 Å². The van der Waals surface area contributed by atoms with Gasteiger partial charge in [0.25, 0.3) is 0 Å². The molecule has 2 N–H and O–H groups in total. The first kappa shape index (κ1) is 31.4. The lowest BCUT2D eigenvalue weighted by molar-refractivity contribution is -0.308. The van der Waals surface area contributed by atoms with E-state index in [1.54, 1.807) is 0 Å². The molecule has 13 heteroatoms. The van der Waals surface area contributed by atoms with Crippen LogP contribution in [0.4, 0.5) is 0 Å². The highest BCUT2D eigenvalue weighted by Crippen LogP contribution is 2.30. The maximum atomic E-state index is 11.8. The molecule has 5 unspecified atom stereocenters. The lowest BCUT2D eigenvalue weighted by Gasteiger charge is -2.44. The summed E-state index contributed by atoms with van der Waals surface area (Å²) in [6.07, 6.45) is -3.06. The minimum Gasteiger partial charge on any atom is -0.463 e. The molecule has 1 aliphatic rings. The third kappa shape index (κ3) is 12.9. The Labute approximate surface area is 210 Å². The predicted octanol–water partition coefficient (Wildman–Crippen LogP) is -0.365. The molecule has 1 fully saturated rings. The number of esters is 4. The second-order valence-corrected chi connectivity index (χ2v) is 8.10. The summed E-state index contributed by atoms with van der Waals surface area (Å²) in [4.78, 5) is 57.0. The van der Waals surface area contributed by atoms with Crippen LogP contribution in [0.3, 0.4) is 0 Å². The second kappa shape index (κ2) is 17.8. The fourth-order valence-electron chi connectivity index (χ4n) is 3.47. The number of aldehydes is 1. The molecule has 36 heavy (non-hydrogen) atoms. The van der Waals surface area contributed by atoms with Gasteiger partial charge < -0.3 is 43.8 Å². The fraction of sp³-hybridized carbons (Fsp3) is 0.783. The van der Waals surface area contributed by atoms with Gasteiger partial charge in [-0.1, -0.05) is 0 Å². The number of carbonyl (C=O) groups is 5. The van der Waals surface area contributed by atoms with E-state index in [-0.39, 0.29) is 13.2 Å². The van der Waals surface area contributed by atoms with Gasteiger partial charge in [-0.05, 0) is 32.5 Å². The molecule has 1 aliphatic heterocycles. The molecule has 0 aliphatic carbocycles. The maximum absolute atomic E-state index is 11.8. The summed E-state index contributed by atoms with van der Waals surface area (Å²) in [5.41, 5.74) is 0. The summed E-state index contributed by atoms with van der Waals surface area (Å²) < 4.78 is 32.7. The molecule has 5 atom stereocenters. The first-order chi connectivity index (χ1) is 17.1. The zero-order chi connectivity index (χ0) is 26.9. The highest BCUT2D eigenvalue weighted by molar-refractivity contribution is 5.68. The zero-order valence-corrected chi connectivity index (χ0v) is 21.3. The molecule has 0 amide bonds. The van der Waals surface area contributed by atoms with E-state index in [4.69, 9.17) is 28.4 Å². The fourth-order valence-corrected chi connectivity index (χ4v) is 3.47. The number of nitrogens with one attached hydrogen (secondary N) is 2. The minimum absolute atomic E-state index is 0.207. The molecule has 13 nitrogen and oxygen atoms in total. The van der Waals surface area contributed by atoms with Gasteiger partial charge in [-0.15, -0.1) is 0 Å².